The van der Waals surface area contributed by atoms with Gasteiger partial charge < -0.3 is 42.9 Å². The third kappa shape index (κ3) is 11.5. The Hall–Kier alpha value is -4.53. The highest BCUT2D eigenvalue weighted by atomic mass is 16.4. The SMILES string of the molecule is CC(C)[C@H](N)C(=O)N[C@@H](CC(=O)O)C(=O)N[C@@H](Cc1ccccc1)C(=O)N[C@@H](C)C(=O)N[C@@H](CC(N)=O)C(=O)O. The maximum Gasteiger partial charge on any atom is 0.326 e. The molecular weight excluding hydrogens is 528 g/mol. The van der Waals surface area contributed by atoms with Crippen LogP contribution in [0.4, 0.5) is 0 Å². The van der Waals surface area contributed by atoms with Crippen LogP contribution < -0.4 is 32.7 Å². The molecule has 0 saturated carbocycles. The molecule has 5 amide bonds. The first-order valence-corrected chi connectivity index (χ1v) is 12.4. The smallest absolute Gasteiger partial charge is 0.326 e. The average Bonchev–Trinajstić information content (AvgIpc) is 2.86. The van der Waals surface area contributed by atoms with Crippen LogP contribution in [0.3, 0.4) is 0 Å². The van der Waals surface area contributed by atoms with Crippen LogP contribution >= 0.6 is 0 Å². The van der Waals surface area contributed by atoms with Crippen molar-refractivity contribution in [1.29, 1.82) is 0 Å². The van der Waals surface area contributed by atoms with Crippen LogP contribution in [0.1, 0.15) is 39.2 Å². The summed E-state index contributed by atoms with van der Waals surface area (Å²) >= 11 is 0. The minimum absolute atomic E-state index is 0.0780. The van der Waals surface area contributed by atoms with Gasteiger partial charge in [-0.05, 0) is 18.4 Å². The molecule has 40 heavy (non-hydrogen) atoms. The van der Waals surface area contributed by atoms with Crippen molar-refractivity contribution >= 4 is 41.5 Å². The Balaban J connectivity index is 3.12. The molecule has 0 heterocycles. The van der Waals surface area contributed by atoms with Gasteiger partial charge in [-0.3, -0.25) is 28.8 Å². The molecule has 15 nitrogen and oxygen atoms in total. The summed E-state index contributed by atoms with van der Waals surface area (Å²) < 4.78 is 0. The number of carbonyl (C=O) groups is 7. The third-order valence-electron chi connectivity index (χ3n) is 5.72. The molecule has 1 rings (SSSR count). The Bertz CT molecular complexity index is 1100. The Morgan fingerprint density at radius 1 is 0.725 bits per heavy atom. The molecule has 0 aliphatic carbocycles. The fourth-order valence-corrected chi connectivity index (χ4v) is 3.36. The summed E-state index contributed by atoms with van der Waals surface area (Å²) in [5, 5.41) is 27.6. The third-order valence-corrected chi connectivity index (χ3v) is 5.72. The van der Waals surface area contributed by atoms with Crippen molar-refractivity contribution in [2.45, 2.75) is 70.2 Å². The van der Waals surface area contributed by atoms with Crippen molar-refractivity contribution in [3.05, 3.63) is 35.9 Å². The van der Waals surface area contributed by atoms with Gasteiger partial charge in [0.2, 0.25) is 29.5 Å². The Morgan fingerprint density at radius 3 is 1.75 bits per heavy atom. The molecule has 1 aromatic rings. The van der Waals surface area contributed by atoms with E-state index in [9.17, 15) is 43.8 Å². The van der Waals surface area contributed by atoms with Gasteiger partial charge in [0.25, 0.3) is 0 Å². The summed E-state index contributed by atoms with van der Waals surface area (Å²) in [4.78, 5) is 84.9. The number of rotatable bonds is 16. The predicted octanol–water partition coefficient (Wildman–Crippen LogP) is -2.39. The van der Waals surface area contributed by atoms with E-state index in [4.69, 9.17) is 11.5 Å². The number of nitrogens with one attached hydrogen (secondary N) is 4. The molecule has 0 bridgehead atoms. The molecule has 15 heteroatoms. The lowest BCUT2D eigenvalue weighted by molar-refractivity contribution is -0.143. The molecule has 0 aliphatic rings. The van der Waals surface area contributed by atoms with E-state index < -0.39 is 84.5 Å². The standard InChI is InChI=1S/C25H36N6O9/c1-12(2)20(27)24(38)30-16(11-19(33)34)23(37)29-15(9-14-7-5-4-6-8-14)22(36)28-13(3)21(35)31-17(25(39)40)10-18(26)32/h4-8,12-13,15-17,20H,9-11,27H2,1-3H3,(H2,26,32)(H,28,36)(H,29,37)(H,30,38)(H,31,35)(H,33,34)(H,39,40)/t13-,15-,16-,17-,20-/m0/s1. The van der Waals surface area contributed by atoms with Gasteiger partial charge in [-0.1, -0.05) is 44.2 Å². The number of aliphatic carboxylic acids is 2. The van der Waals surface area contributed by atoms with Crippen molar-refractivity contribution in [3.63, 3.8) is 0 Å². The van der Waals surface area contributed by atoms with E-state index in [1.54, 1.807) is 44.2 Å². The average molecular weight is 565 g/mol. The van der Waals surface area contributed by atoms with E-state index in [1.165, 1.54) is 6.92 Å². The molecule has 10 N–H and O–H groups in total. The Kier molecular flexibility index (Phi) is 13.2. The molecular formula is C25H36N6O9. The lowest BCUT2D eigenvalue weighted by atomic mass is 10.0. The highest BCUT2D eigenvalue weighted by Crippen LogP contribution is 2.07. The largest absolute Gasteiger partial charge is 0.481 e. The molecule has 0 aliphatic heterocycles. The van der Waals surface area contributed by atoms with Crippen LogP contribution in [-0.4, -0.2) is 81.9 Å². The molecule has 220 valence electrons. The first-order valence-electron chi connectivity index (χ1n) is 12.4. The molecule has 1 aromatic carbocycles. The van der Waals surface area contributed by atoms with E-state index in [2.05, 4.69) is 21.3 Å². The first kappa shape index (κ1) is 33.5. The monoisotopic (exact) mass is 564 g/mol. The fourth-order valence-electron chi connectivity index (χ4n) is 3.36. The number of carboxylic acids is 2. The maximum absolute atomic E-state index is 13.1. The second-order valence-corrected chi connectivity index (χ2v) is 9.48. The van der Waals surface area contributed by atoms with E-state index in [0.29, 0.717) is 5.56 Å². The van der Waals surface area contributed by atoms with Crippen LogP contribution in [0.25, 0.3) is 0 Å². The summed E-state index contributed by atoms with van der Waals surface area (Å²) in [5.41, 5.74) is 11.4. The normalized spacial score (nSPS) is 14.5. The number of benzene rings is 1. The number of amides is 5. The van der Waals surface area contributed by atoms with Gasteiger partial charge in [0.05, 0.1) is 18.9 Å². The highest BCUT2D eigenvalue weighted by molar-refractivity contribution is 5.97. The molecule has 0 aromatic heterocycles. The second-order valence-electron chi connectivity index (χ2n) is 9.48. The fraction of sp³-hybridized carbons (Fsp3) is 0.480. The van der Waals surface area contributed by atoms with Gasteiger partial charge in [-0.2, -0.15) is 0 Å². The molecule has 5 atom stereocenters. The first-order chi connectivity index (χ1) is 18.6. The number of primary amides is 1. The zero-order chi connectivity index (χ0) is 30.6. The summed E-state index contributed by atoms with van der Waals surface area (Å²) in [6.07, 6.45) is -1.55. The molecule has 0 unspecified atom stereocenters. The topological polar surface area (TPSA) is 260 Å². The quantitative estimate of drug-likeness (QED) is 0.106. The maximum atomic E-state index is 13.1. The van der Waals surface area contributed by atoms with Gasteiger partial charge in [-0.25, -0.2) is 4.79 Å². The number of carboxylic acid groups (broad SMARTS) is 2. The predicted molar refractivity (Wildman–Crippen MR) is 140 cm³/mol. The van der Waals surface area contributed by atoms with Crippen molar-refractivity contribution < 1.29 is 43.8 Å². The van der Waals surface area contributed by atoms with Crippen molar-refractivity contribution in [1.82, 2.24) is 21.3 Å². The van der Waals surface area contributed by atoms with Gasteiger partial charge in [-0.15, -0.1) is 0 Å². The van der Waals surface area contributed by atoms with Crippen LogP contribution in [0.2, 0.25) is 0 Å². The van der Waals surface area contributed by atoms with Gasteiger partial charge >= 0.3 is 11.9 Å². The number of carbonyl (C=O) groups excluding carboxylic acids is 5. The van der Waals surface area contributed by atoms with Crippen LogP contribution in [0.5, 0.6) is 0 Å². The summed E-state index contributed by atoms with van der Waals surface area (Å²) in [6.45, 7) is 4.58. The van der Waals surface area contributed by atoms with Crippen LogP contribution in [0.15, 0.2) is 30.3 Å². The molecule has 0 spiro atoms. The van der Waals surface area contributed by atoms with Gasteiger partial charge in [0.1, 0.15) is 24.2 Å². The van der Waals surface area contributed by atoms with Crippen molar-refractivity contribution in [3.8, 4) is 0 Å². The van der Waals surface area contributed by atoms with Crippen LogP contribution in [-0.2, 0) is 40.0 Å². The van der Waals surface area contributed by atoms with E-state index in [1.807, 2.05) is 0 Å². The summed E-state index contributed by atoms with van der Waals surface area (Å²) in [7, 11) is 0. The lowest BCUT2D eigenvalue weighted by Gasteiger charge is -2.25. The van der Waals surface area contributed by atoms with E-state index in [0.717, 1.165) is 0 Å². The number of nitrogens with two attached hydrogens (primary N) is 2. The van der Waals surface area contributed by atoms with Gasteiger partial charge in [0, 0.05) is 6.42 Å². The number of hydrogen-bond acceptors (Lipinski definition) is 8. The number of hydrogen-bond donors (Lipinski definition) is 8. The minimum Gasteiger partial charge on any atom is -0.481 e. The zero-order valence-corrected chi connectivity index (χ0v) is 22.4. The molecule has 0 saturated heterocycles. The molecule has 0 radical (unpaired) electrons. The highest BCUT2D eigenvalue weighted by Gasteiger charge is 2.32. The summed E-state index contributed by atoms with van der Waals surface area (Å²) in [6, 6.07) is 1.59. The van der Waals surface area contributed by atoms with Crippen molar-refractivity contribution in [2.24, 2.45) is 17.4 Å². The zero-order valence-electron chi connectivity index (χ0n) is 22.4. The van der Waals surface area contributed by atoms with Crippen LogP contribution in [0, 0.1) is 5.92 Å². The minimum atomic E-state index is -1.62. The van der Waals surface area contributed by atoms with E-state index >= 15 is 0 Å². The second kappa shape index (κ2) is 15.8. The Morgan fingerprint density at radius 2 is 1.25 bits per heavy atom. The lowest BCUT2D eigenvalue weighted by Crippen LogP contribution is -2.59. The van der Waals surface area contributed by atoms with Gasteiger partial charge in [0.15, 0.2) is 0 Å². The van der Waals surface area contributed by atoms with E-state index in [-0.39, 0.29) is 12.3 Å². The Labute approximate surface area is 230 Å². The molecule has 0 fully saturated rings. The van der Waals surface area contributed by atoms with Crippen molar-refractivity contribution in [2.75, 3.05) is 0 Å². The summed E-state index contributed by atoms with van der Waals surface area (Å²) in [5.74, 6) is -7.71.